The third kappa shape index (κ3) is 2.47. The van der Waals surface area contributed by atoms with Gasteiger partial charge in [-0.2, -0.15) is 5.10 Å². The first-order valence-corrected chi connectivity index (χ1v) is 5.72. The van der Waals surface area contributed by atoms with Gasteiger partial charge >= 0.3 is 0 Å². The maximum absolute atomic E-state index is 9.50. The van der Waals surface area contributed by atoms with Gasteiger partial charge in [-0.15, -0.1) is 0 Å². The van der Waals surface area contributed by atoms with Gasteiger partial charge in [0, 0.05) is 18.3 Å². The number of nitrogens with zero attached hydrogens (tertiary/aromatic N) is 2. The molecule has 90 valence electrons. The lowest BCUT2D eigenvalue weighted by Crippen LogP contribution is -2.05. The Morgan fingerprint density at radius 2 is 2.24 bits per heavy atom. The van der Waals surface area contributed by atoms with Crippen molar-refractivity contribution >= 4 is 0 Å². The Balaban J connectivity index is 2.38. The number of hydrogen-bond donors (Lipinski definition) is 2. The highest BCUT2D eigenvalue weighted by Gasteiger charge is 2.10. The Kier molecular flexibility index (Phi) is 3.44. The summed E-state index contributed by atoms with van der Waals surface area (Å²) in [7, 11) is 1.93. The van der Waals surface area contributed by atoms with Gasteiger partial charge in [-0.25, -0.2) is 0 Å². The maximum Gasteiger partial charge on any atom is 0.116 e. The number of aromatic hydroxyl groups is 1. The minimum absolute atomic E-state index is 0.274. The van der Waals surface area contributed by atoms with E-state index in [-0.39, 0.29) is 5.75 Å². The molecule has 1 aromatic carbocycles. The molecule has 0 spiro atoms. The van der Waals surface area contributed by atoms with Gasteiger partial charge in [-0.05, 0) is 37.1 Å². The molecule has 17 heavy (non-hydrogen) atoms. The molecule has 4 nitrogen and oxygen atoms in total. The molecule has 2 aromatic rings. The van der Waals surface area contributed by atoms with Gasteiger partial charge in [0.2, 0.25) is 0 Å². The number of benzene rings is 1. The largest absolute Gasteiger partial charge is 0.508 e. The Morgan fingerprint density at radius 1 is 1.41 bits per heavy atom. The minimum atomic E-state index is 0.274. The number of aromatic nitrogens is 2. The van der Waals surface area contributed by atoms with Crippen LogP contribution in [0.5, 0.6) is 5.75 Å². The molecule has 0 aliphatic rings. The molecule has 0 aliphatic carbocycles. The van der Waals surface area contributed by atoms with Crippen molar-refractivity contribution in [2.24, 2.45) is 12.8 Å². The van der Waals surface area contributed by atoms with Crippen molar-refractivity contribution in [3.05, 3.63) is 36.2 Å². The fourth-order valence-corrected chi connectivity index (χ4v) is 1.94. The number of phenols is 1. The van der Waals surface area contributed by atoms with E-state index in [0.29, 0.717) is 6.54 Å². The average molecular weight is 231 g/mol. The van der Waals surface area contributed by atoms with Crippen LogP contribution in [0, 0.1) is 0 Å². The summed E-state index contributed by atoms with van der Waals surface area (Å²) in [6, 6.07) is 7.23. The third-order valence-corrected chi connectivity index (χ3v) is 2.84. The van der Waals surface area contributed by atoms with E-state index in [1.165, 1.54) is 0 Å². The molecular formula is C13H17N3O. The van der Waals surface area contributed by atoms with Crippen molar-refractivity contribution in [2.75, 3.05) is 6.54 Å². The SMILES string of the molecule is Cn1ncc(-c2cccc(O)c2)c1CCCN. The molecule has 4 heteroatoms. The standard InChI is InChI=1S/C13H17N3O/c1-16-13(6-3-7-14)12(9-15-16)10-4-2-5-11(17)8-10/h2,4-5,8-9,17H,3,6-7,14H2,1H3. The second-order valence-corrected chi connectivity index (χ2v) is 4.07. The van der Waals surface area contributed by atoms with Crippen LogP contribution in [0.2, 0.25) is 0 Å². The van der Waals surface area contributed by atoms with Crippen LogP contribution in [-0.2, 0) is 13.5 Å². The van der Waals surface area contributed by atoms with Gasteiger partial charge in [0.05, 0.1) is 6.20 Å². The fourth-order valence-electron chi connectivity index (χ4n) is 1.94. The lowest BCUT2D eigenvalue weighted by molar-refractivity contribution is 0.475. The van der Waals surface area contributed by atoms with E-state index in [2.05, 4.69) is 5.10 Å². The molecule has 0 atom stereocenters. The summed E-state index contributed by atoms with van der Waals surface area (Å²) in [6.07, 6.45) is 3.67. The second kappa shape index (κ2) is 5.01. The first-order chi connectivity index (χ1) is 8.22. The van der Waals surface area contributed by atoms with E-state index in [9.17, 15) is 5.11 Å². The zero-order valence-electron chi connectivity index (χ0n) is 9.93. The first-order valence-electron chi connectivity index (χ1n) is 5.72. The van der Waals surface area contributed by atoms with Crippen molar-refractivity contribution in [2.45, 2.75) is 12.8 Å². The van der Waals surface area contributed by atoms with E-state index in [1.54, 1.807) is 12.1 Å². The van der Waals surface area contributed by atoms with Crippen molar-refractivity contribution < 1.29 is 5.11 Å². The highest BCUT2D eigenvalue weighted by atomic mass is 16.3. The number of hydrogen-bond acceptors (Lipinski definition) is 3. The van der Waals surface area contributed by atoms with Gasteiger partial charge in [0.15, 0.2) is 0 Å². The van der Waals surface area contributed by atoms with Gasteiger partial charge < -0.3 is 10.8 Å². The van der Waals surface area contributed by atoms with Crippen LogP contribution < -0.4 is 5.73 Å². The summed E-state index contributed by atoms with van der Waals surface area (Å²) in [5.74, 6) is 0.274. The van der Waals surface area contributed by atoms with Crippen LogP contribution in [0.25, 0.3) is 11.1 Å². The smallest absolute Gasteiger partial charge is 0.116 e. The van der Waals surface area contributed by atoms with Gasteiger partial charge in [-0.1, -0.05) is 12.1 Å². The molecule has 0 saturated heterocycles. The molecule has 0 unspecified atom stereocenters. The van der Waals surface area contributed by atoms with Crippen molar-refractivity contribution in [3.63, 3.8) is 0 Å². The highest BCUT2D eigenvalue weighted by molar-refractivity contribution is 5.66. The normalized spacial score (nSPS) is 10.7. The van der Waals surface area contributed by atoms with Crippen molar-refractivity contribution in [3.8, 4) is 16.9 Å². The van der Waals surface area contributed by atoms with Crippen LogP contribution in [0.15, 0.2) is 30.5 Å². The van der Waals surface area contributed by atoms with Crippen molar-refractivity contribution in [1.29, 1.82) is 0 Å². The van der Waals surface area contributed by atoms with Crippen LogP contribution >= 0.6 is 0 Å². The summed E-state index contributed by atoms with van der Waals surface area (Å²) < 4.78 is 1.87. The summed E-state index contributed by atoms with van der Waals surface area (Å²) in [6.45, 7) is 0.671. The summed E-state index contributed by atoms with van der Waals surface area (Å²) >= 11 is 0. The maximum atomic E-state index is 9.50. The molecule has 1 aromatic heterocycles. The minimum Gasteiger partial charge on any atom is -0.508 e. The molecule has 2 rings (SSSR count). The van der Waals surface area contributed by atoms with Crippen LogP contribution in [0.1, 0.15) is 12.1 Å². The molecule has 0 fully saturated rings. The van der Waals surface area contributed by atoms with Gasteiger partial charge in [-0.3, -0.25) is 4.68 Å². The predicted octanol–water partition coefficient (Wildman–Crippen LogP) is 1.68. The average Bonchev–Trinajstić information content (AvgIpc) is 2.68. The quantitative estimate of drug-likeness (QED) is 0.841. The zero-order chi connectivity index (χ0) is 12.3. The Morgan fingerprint density at radius 3 is 2.94 bits per heavy atom. The molecule has 0 radical (unpaired) electrons. The van der Waals surface area contributed by atoms with Crippen LogP contribution in [0.4, 0.5) is 0 Å². The van der Waals surface area contributed by atoms with E-state index in [1.807, 2.05) is 30.1 Å². The zero-order valence-corrected chi connectivity index (χ0v) is 9.93. The van der Waals surface area contributed by atoms with Gasteiger partial charge in [0.25, 0.3) is 0 Å². The highest BCUT2D eigenvalue weighted by Crippen LogP contribution is 2.26. The number of phenolic OH excluding ortho intramolecular Hbond substituents is 1. The molecule has 0 bridgehead atoms. The molecule has 1 heterocycles. The lowest BCUT2D eigenvalue weighted by Gasteiger charge is -2.06. The van der Waals surface area contributed by atoms with E-state index in [0.717, 1.165) is 29.7 Å². The monoisotopic (exact) mass is 231 g/mol. The summed E-state index contributed by atoms with van der Waals surface area (Å²) in [5.41, 5.74) is 8.75. The fraction of sp³-hybridized carbons (Fsp3) is 0.308. The Labute approximate surface area is 101 Å². The number of aryl methyl sites for hydroxylation is 1. The summed E-state index contributed by atoms with van der Waals surface area (Å²) in [5, 5.41) is 13.8. The second-order valence-electron chi connectivity index (χ2n) is 4.07. The van der Waals surface area contributed by atoms with Crippen LogP contribution in [-0.4, -0.2) is 21.4 Å². The van der Waals surface area contributed by atoms with Crippen molar-refractivity contribution in [1.82, 2.24) is 9.78 Å². The third-order valence-electron chi connectivity index (χ3n) is 2.84. The topological polar surface area (TPSA) is 64.1 Å². The lowest BCUT2D eigenvalue weighted by atomic mass is 10.0. The molecule has 0 aliphatic heterocycles. The number of rotatable bonds is 4. The van der Waals surface area contributed by atoms with E-state index < -0.39 is 0 Å². The number of nitrogens with two attached hydrogens (primary N) is 1. The predicted molar refractivity (Wildman–Crippen MR) is 67.7 cm³/mol. The van der Waals surface area contributed by atoms with Gasteiger partial charge in [0.1, 0.15) is 5.75 Å². The Hall–Kier alpha value is -1.81. The molecule has 0 saturated carbocycles. The molecular weight excluding hydrogens is 214 g/mol. The molecule has 0 amide bonds. The summed E-state index contributed by atoms with van der Waals surface area (Å²) in [4.78, 5) is 0. The van der Waals surface area contributed by atoms with E-state index in [4.69, 9.17) is 5.73 Å². The first kappa shape index (κ1) is 11.7. The molecule has 3 N–H and O–H groups in total. The van der Waals surface area contributed by atoms with E-state index >= 15 is 0 Å². The van der Waals surface area contributed by atoms with Crippen LogP contribution in [0.3, 0.4) is 0 Å². The Bertz CT molecular complexity index is 505.